The molecule has 28 heavy (non-hydrogen) atoms. The standard InChI is InChI=1S/C21H21FN2O4/c1-13(25)16-9-19-20(28-12-27-19)10-17(16)23-21(26)11-24-8-2-3-18(24)14-4-6-15(22)7-5-14/h4-7,9-10,18H,2-3,8,11-12H2,1H3,(H,23,26). The van der Waals surface area contributed by atoms with E-state index >= 15 is 0 Å². The maximum absolute atomic E-state index is 13.2. The Bertz CT molecular complexity index is 913. The van der Waals surface area contributed by atoms with Gasteiger partial charge in [0.25, 0.3) is 0 Å². The largest absolute Gasteiger partial charge is 0.454 e. The van der Waals surface area contributed by atoms with Gasteiger partial charge in [-0.15, -0.1) is 0 Å². The van der Waals surface area contributed by atoms with Crippen LogP contribution in [0.15, 0.2) is 36.4 Å². The molecule has 7 heteroatoms. The molecular weight excluding hydrogens is 363 g/mol. The second-order valence-electron chi connectivity index (χ2n) is 7.04. The Hall–Kier alpha value is -2.93. The molecule has 1 unspecified atom stereocenters. The summed E-state index contributed by atoms with van der Waals surface area (Å²) in [5.74, 6) is 0.352. The summed E-state index contributed by atoms with van der Waals surface area (Å²) in [6, 6.07) is 9.71. The Balaban J connectivity index is 1.48. The highest BCUT2D eigenvalue weighted by Crippen LogP contribution is 2.37. The van der Waals surface area contributed by atoms with Gasteiger partial charge >= 0.3 is 0 Å². The van der Waals surface area contributed by atoms with Crippen molar-refractivity contribution in [3.05, 3.63) is 53.3 Å². The lowest BCUT2D eigenvalue weighted by atomic mass is 10.0. The number of ketones is 1. The number of carbonyl (C=O) groups excluding carboxylic acids is 2. The quantitative estimate of drug-likeness (QED) is 0.799. The van der Waals surface area contributed by atoms with Crippen molar-refractivity contribution in [3.63, 3.8) is 0 Å². The number of fused-ring (bicyclic) bond motifs is 1. The Labute approximate surface area is 162 Å². The second kappa shape index (κ2) is 7.59. The second-order valence-corrected chi connectivity index (χ2v) is 7.04. The van der Waals surface area contributed by atoms with Crippen LogP contribution < -0.4 is 14.8 Å². The number of Topliss-reactive ketones (excluding diaryl/α,β-unsaturated/α-hetero) is 1. The van der Waals surface area contributed by atoms with Gasteiger partial charge in [-0.05, 0) is 50.1 Å². The van der Waals surface area contributed by atoms with E-state index in [1.54, 1.807) is 24.3 Å². The molecule has 2 aliphatic heterocycles. The number of rotatable bonds is 5. The Morgan fingerprint density at radius 2 is 1.89 bits per heavy atom. The number of carbonyl (C=O) groups is 2. The summed E-state index contributed by atoms with van der Waals surface area (Å²) in [5.41, 5.74) is 1.80. The molecule has 1 saturated heterocycles. The lowest BCUT2D eigenvalue weighted by Gasteiger charge is -2.24. The van der Waals surface area contributed by atoms with E-state index in [0.29, 0.717) is 22.7 Å². The summed E-state index contributed by atoms with van der Waals surface area (Å²) in [6.45, 7) is 2.51. The smallest absolute Gasteiger partial charge is 0.238 e. The fraction of sp³-hybridized carbons (Fsp3) is 0.333. The van der Waals surface area contributed by atoms with Crippen LogP contribution in [-0.2, 0) is 4.79 Å². The van der Waals surface area contributed by atoms with Crippen molar-refractivity contribution < 1.29 is 23.5 Å². The number of ether oxygens (including phenoxy) is 2. The van der Waals surface area contributed by atoms with Gasteiger partial charge in [-0.3, -0.25) is 14.5 Å². The van der Waals surface area contributed by atoms with Crippen LogP contribution in [0.3, 0.4) is 0 Å². The molecule has 146 valence electrons. The first-order chi connectivity index (χ1) is 13.5. The third-order valence-corrected chi connectivity index (χ3v) is 5.13. The van der Waals surface area contributed by atoms with Gasteiger partial charge in [-0.25, -0.2) is 4.39 Å². The molecule has 0 aromatic heterocycles. The monoisotopic (exact) mass is 384 g/mol. The van der Waals surface area contributed by atoms with E-state index < -0.39 is 0 Å². The highest BCUT2D eigenvalue weighted by molar-refractivity contribution is 6.05. The number of anilines is 1. The molecule has 6 nitrogen and oxygen atoms in total. The van der Waals surface area contributed by atoms with Crippen molar-refractivity contribution in [2.24, 2.45) is 0 Å². The van der Waals surface area contributed by atoms with Crippen molar-refractivity contribution in [2.45, 2.75) is 25.8 Å². The molecule has 2 aromatic carbocycles. The fourth-order valence-electron chi connectivity index (χ4n) is 3.79. The van der Waals surface area contributed by atoms with Crippen LogP contribution in [0, 0.1) is 5.82 Å². The molecule has 0 radical (unpaired) electrons. The number of amides is 1. The summed E-state index contributed by atoms with van der Waals surface area (Å²) < 4.78 is 23.9. The number of halogens is 1. The summed E-state index contributed by atoms with van der Waals surface area (Å²) >= 11 is 0. The molecule has 1 fully saturated rings. The van der Waals surface area contributed by atoms with Gasteiger partial charge in [0.15, 0.2) is 17.3 Å². The van der Waals surface area contributed by atoms with Crippen LogP contribution in [0.1, 0.15) is 41.7 Å². The normalized spacial score (nSPS) is 18.3. The summed E-state index contributed by atoms with van der Waals surface area (Å²) in [4.78, 5) is 26.7. The summed E-state index contributed by atoms with van der Waals surface area (Å²) in [7, 11) is 0. The molecule has 2 heterocycles. The van der Waals surface area contributed by atoms with Gasteiger partial charge in [0.05, 0.1) is 12.2 Å². The predicted molar refractivity (Wildman–Crippen MR) is 101 cm³/mol. The summed E-state index contributed by atoms with van der Waals surface area (Å²) in [5, 5.41) is 2.83. The average molecular weight is 384 g/mol. The van der Waals surface area contributed by atoms with Gasteiger partial charge in [0, 0.05) is 17.7 Å². The third kappa shape index (κ3) is 3.71. The first-order valence-electron chi connectivity index (χ1n) is 9.25. The van der Waals surface area contributed by atoms with Gasteiger partial charge in [0.1, 0.15) is 5.82 Å². The molecule has 0 aliphatic carbocycles. The van der Waals surface area contributed by atoms with E-state index in [1.165, 1.54) is 19.1 Å². The third-order valence-electron chi connectivity index (χ3n) is 5.13. The van der Waals surface area contributed by atoms with Crippen LogP contribution in [0.25, 0.3) is 0 Å². The highest BCUT2D eigenvalue weighted by Gasteiger charge is 2.28. The van der Waals surface area contributed by atoms with E-state index in [9.17, 15) is 14.0 Å². The molecule has 0 bridgehead atoms. The van der Waals surface area contributed by atoms with Crippen molar-refractivity contribution in [1.29, 1.82) is 0 Å². The number of nitrogens with zero attached hydrogens (tertiary/aromatic N) is 1. The molecule has 0 saturated carbocycles. The Morgan fingerprint density at radius 1 is 1.18 bits per heavy atom. The molecule has 1 amide bonds. The predicted octanol–water partition coefficient (Wildman–Crippen LogP) is 3.53. The number of nitrogens with one attached hydrogen (secondary N) is 1. The zero-order valence-electron chi connectivity index (χ0n) is 15.5. The first kappa shape index (κ1) is 18.4. The topological polar surface area (TPSA) is 67.9 Å². The average Bonchev–Trinajstić information content (AvgIpc) is 3.30. The lowest BCUT2D eigenvalue weighted by Crippen LogP contribution is -2.33. The fourth-order valence-corrected chi connectivity index (χ4v) is 3.79. The molecule has 0 spiro atoms. The van der Waals surface area contributed by atoms with Crippen molar-refractivity contribution in [1.82, 2.24) is 4.90 Å². The number of hydrogen-bond acceptors (Lipinski definition) is 5. The minimum absolute atomic E-state index is 0.0791. The highest BCUT2D eigenvalue weighted by atomic mass is 19.1. The van der Waals surface area contributed by atoms with E-state index in [2.05, 4.69) is 10.2 Å². The first-order valence-corrected chi connectivity index (χ1v) is 9.25. The maximum Gasteiger partial charge on any atom is 0.238 e. The molecule has 4 rings (SSSR count). The minimum atomic E-state index is -0.273. The number of hydrogen-bond donors (Lipinski definition) is 1. The SMILES string of the molecule is CC(=O)c1cc2c(cc1NC(=O)CN1CCCC1c1ccc(F)cc1)OCO2. The molecule has 1 atom stereocenters. The lowest BCUT2D eigenvalue weighted by molar-refractivity contribution is -0.117. The number of benzene rings is 2. The van der Waals surface area contributed by atoms with Crippen LogP contribution in [0.2, 0.25) is 0 Å². The van der Waals surface area contributed by atoms with Gasteiger partial charge in [-0.2, -0.15) is 0 Å². The van der Waals surface area contributed by atoms with E-state index in [4.69, 9.17) is 9.47 Å². The van der Waals surface area contributed by atoms with Crippen LogP contribution in [0.5, 0.6) is 11.5 Å². The number of likely N-dealkylation sites (tertiary alicyclic amines) is 1. The molecular formula is C21H21FN2O4. The molecule has 2 aliphatic rings. The van der Waals surface area contributed by atoms with Gasteiger partial charge in [0.2, 0.25) is 12.7 Å². The van der Waals surface area contributed by atoms with E-state index in [1.807, 2.05) is 0 Å². The van der Waals surface area contributed by atoms with Crippen molar-refractivity contribution in [3.8, 4) is 11.5 Å². The Kier molecular flexibility index (Phi) is 5.00. The minimum Gasteiger partial charge on any atom is -0.454 e. The van der Waals surface area contributed by atoms with Gasteiger partial charge < -0.3 is 14.8 Å². The molecule has 1 N–H and O–H groups in total. The summed E-state index contributed by atoms with van der Waals surface area (Å²) in [6.07, 6.45) is 1.89. The maximum atomic E-state index is 13.2. The Morgan fingerprint density at radius 3 is 2.61 bits per heavy atom. The zero-order chi connectivity index (χ0) is 19.7. The van der Waals surface area contributed by atoms with E-state index in [0.717, 1.165) is 24.9 Å². The van der Waals surface area contributed by atoms with Gasteiger partial charge in [-0.1, -0.05) is 12.1 Å². The zero-order valence-corrected chi connectivity index (χ0v) is 15.5. The van der Waals surface area contributed by atoms with Crippen LogP contribution in [-0.4, -0.2) is 36.5 Å². The molecule has 2 aromatic rings. The van der Waals surface area contributed by atoms with Crippen molar-refractivity contribution in [2.75, 3.05) is 25.2 Å². The van der Waals surface area contributed by atoms with Crippen LogP contribution in [0.4, 0.5) is 10.1 Å². The van der Waals surface area contributed by atoms with Crippen molar-refractivity contribution >= 4 is 17.4 Å². The van der Waals surface area contributed by atoms with E-state index in [-0.39, 0.29) is 36.9 Å². The van der Waals surface area contributed by atoms with Crippen LogP contribution >= 0.6 is 0 Å².